The maximum atomic E-state index is 11.9. The van der Waals surface area contributed by atoms with Crippen LogP contribution in [-0.2, 0) is 6.54 Å². The molecule has 3 rings (SSSR count). The van der Waals surface area contributed by atoms with E-state index in [1.165, 1.54) is 19.3 Å². The Balaban J connectivity index is 1.57. The number of hydrogen-bond donors (Lipinski definition) is 2. The molecule has 122 valence electrons. The molecule has 0 spiro atoms. The van der Waals surface area contributed by atoms with Gasteiger partial charge in [0.2, 0.25) is 0 Å². The molecule has 0 atom stereocenters. The first-order valence-electron chi connectivity index (χ1n) is 7.83. The van der Waals surface area contributed by atoms with Crippen LogP contribution in [0.1, 0.15) is 24.8 Å². The average Bonchev–Trinajstić information content (AvgIpc) is 3.07. The first-order valence-corrected chi connectivity index (χ1v) is 9.15. The molecule has 1 fully saturated rings. The van der Waals surface area contributed by atoms with Crippen LogP contribution in [0.4, 0.5) is 16.2 Å². The summed E-state index contributed by atoms with van der Waals surface area (Å²) in [6.07, 6.45) is 3.71. The van der Waals surface area contributed by atoms with E-state index in [0.717, 1.165) is 24.3 Å². The highest BCUT2D eigenvalue weighted by atomic mass is 35.5. The maximum Gasteiger partial charge on any atom is 0.319 e. The fourth-order valence-electron chi connectivity index (χ4n) is 2.73. The number of halogens is 1. The van der Waals surface area contributed by atoms with Gasteiger partial charge in [-0.2, -0.15) is 11.3 Å². The zero-order valence-electron chi connectivity index (χ0n) is 12.8. The number of nitrogens with one attached hydrogen (secondary N) is 2. The Morgan fingerprint density at radius 3 is 2.74 bits per heavy atom. The Bertz CT molecular complexity index is 654. The van der Waals surface area contributed by atoms with Gasteiger partial charge in [0, 0.05) is 25.3 Å². The predicted octanol–water partition coefficient (Wildman–Crippen LogP) is 4.71. The topological polar surface area (TPSA) is 44.4 Å². The highest BCUT2D eigenvalue weighted by molar-refractivity contribution is 7.07. The SMILES string of the molecule is O=C(NCc1ccsc1)Nc1ccc(N2CCCCC2)c(Cl)c1. The summed E-state index contributed by atoms with van der Waals surface area (Å²) in [5.74, 6) is 0. The lowest BCUT2D eigenvalue weighted by molar-refractivity contribution is 0.252. The maximum absolute atomic E-state index is 11.9. The zero-order chi connectivity index (χ0) is 16.1. The summed E-state index contributed by atoms with van der Waals surface area (Å²) in [5.41, 5.74) is 2.86. The molecule has 0 radical (unpaired) electrons. The number of amides is 2. The van der Waals surface area contributed by atoms with Crippen molar-refractivity contribution in [3.05, 3.63) is 45.6 Å². The molecule has 0 aliphatic carbocycles. The van der Waals surface area contributed by atoms with Gasteiger partial charge in [0.25, 0.3) is 0 Å². The molecule has 4 nitrogen and oxygen atoms in total. The zero-order valence-corrected chi connectivity index (χ0v) is 14.4. The summed E-state index contributed by atoms with van der Waals surface area (Å²) in [7, 11) is 0. The summed E-state index contributed by atoms with van der Waals surface area (Å²) in [6, 6.07) is 7.48. The number of nitrogens with zero attached hydrogens (tertiary/aromatic N) is 1. The van der Waals surface area contributed by atoms with Crippen molar-refractivity contribution in [3.63, 3.8) is 0 Å². The number of piperidine rings is 1. The van der Waals surface area contributed by atoms with Gasteiger partial charge in [0.15, 0.2) is 0 Å². The number of thiophene rings is 1. The molecule has 0 saturated carbocycles. The van der Waals surface area contributed by atoms with Gasteiger partial charge in [0.05, 0.1) is 10.7 Å². The number of rotatable bonds is 4. The Kier molecular flexibility index (Phi) is 5.41. The van der Waals surface area contributed by atoms with Crippen LogP contribution in [-0.4, -0.2) is 19.1 Å². The van der Waals surface area contributed by atoms with Crippen molar-refractivity contribution in [1.29, 1.82) is 0 Å². The highest BCUT2D eigenvalue weighted by Crippen LogP contribution is 2.30. The van der Waals surface area contributed by atoms with Crippen molar-refractivity contribution in [2.45, 2.75) is 25.8 Å². The van der Waals surface area contributed by atoms with Crippen LogP contribution >= 0.6 is 22.9 Å². The fourth-order valence-corrected chi connectivity index (χ4v) is 3.70. The number of hydrogen-bond acceptors (Lipinski definition) is 3. The third-order valence-corrected chi connectivity index (χ3v) is 4.97. The van der Waals surface area contributed by atoms with E-state index < -0.39 is 0 Å². The number of carbonyl (C=O) groups is 1. The molecule has 1 saturated heterocycles. The first-order chi connectivity index (χ1) is 11.2. The fraction of sp³-hybridized carbons (Fsp3) is 0.353. The molecular formula is C17H20ClN3OS. The standard InChI is InChI=1S/C17H20ClN3OS/c18-15-10-14(4-5-16(15)21-7-2-1-3-8-21)20-17(22)19-11-13-6-9-23-12-13/h4-6,9-10,12H,1-3,7-8,11H2,(H2,19,20,22). The second-order valence-electron chi connectivity index (χ2n) is 5.65. The van der Waals surface area contributed by atoms with Crippen LogP contribution in [0.2, 0.25) is 5.02 Å². The summed E-state index contributed by atoms with van der Waals surface area (Å²) >= 11 is 8.01. The van der Waals surface area contributed by atoms with E-state index in [0.29, 0.717) is 17.3 Å². The Morgan fingerprint density at radius 2 is 2.04 bits per heavy atom. The van der Waals surface area contributed by atoms with Crippen LogP contribution in [0.15, 0.2) is 35.0 Å². The number of benzene rings is 1. The van der Waals surface area contributed by atoms with Crippen LogP contribution in [0.25, 0.3) is 0 Å². The lowest BCUT2D eigenvalue weighted by atomic mass is 10.1. The molecular weight excluding hydrogens is 330 g/mol. The molecule has 1 aromatic carbocycles. The minimum absolute atomic E-state index is 0.224. The summed E-state index contributed by atoms with van der Waals surface area (Å²) in [6.45, 7) is 2.62. The minimum atomic E-state index is -0.224. The molecule has 2 amide bonds. The molecule has 23 heavy (non-hydrogen) atoms. The molecule has 2 heterocycles. The highest BCUT2D eigenvalue weighted by Gasteiger charge is 2.14. The average molecular weight is 350 g/mol. The van der Waals surface area contributed by atoms with Gasteiger partial charge in [-0.15, -0.1) is 0 Å². The minimum Gasteiger partial charge on any atom is -0.370 e. The summed E-state index contributed by atoms with van der Waals surface area (Å²) in [5, 5.41) is 10.4. The summed E-state index contributed by atoms with van der Waals surface area (Å²) < 4.78 is 0. The largest absolute Gasteiger partial charge is 0.370 e. The van der Waals surface area contributed by atoms with Crippen LogP contribution < -0.4 is 15.5 Å². The van der Waals surface area contributed by atoms with E-state index in [2.05, 4.69) is 15.5 Å². The molecule has 0 unspecified atom stereocenters. The van der Waals surface area contributed by atoms with Crippen molar-refractivity contribution in [2.24, 2.45) is 0 Å². The lowest BCUT2D eigenvalue weighted by Gasteiger charge is -2.29. The first kappa shape index (κ1) is 16.1. The molecule has 1 aliphatic rings. The molecule has 0 bridgehead atoms. The predicted molar refractivity (Wildman–Crippen MR) is 97.7 cm³/mol. The van der Waals surface area contributed by atoms with Crippen molar-refractivity contribution < 1.29 is 4.79 Å². The number of anilines is 2. The van der Waals surface area contributed by atoms with Crippen LogP contribution in [0.3, 0.4) is 0 Å². The Hall–Kier alpha value is -1.72. The van der Waals surface area contributed by atoms with Gasteiger partial charge < -0.3 is 15.5 Å². The molecule has 2 N–H and O–H groups in total. The number of carbonyl (C=O) groups excluding carboxylic acids is 1. The second kappa shape index (κ2) is 7.70. The molecule has 1 aromatic heterocycles. The van der Waals surface area contributed by atoms with Crippen LogP contribution in [0, 0.1) is 0 Å². The number of urea groups is 1. The third kappa shape index (κ3) is 4.39. The lowest BCUT2D eigenvalue weighted by Crippen LogP contribution is -2.30. The summed E-state index contributed by atoms with van der Waals surface area (Å²) in [4.78, 5) is 14.2. The van der Waals surface area contributed by atoms with Crippen molar-refractivity contribution in [1.82, 2.24) is 5.32 Å². The van der Waals surface area contributed by atoms with Crippen LogP contribution in [0.5, 0.6) is 0 Å². The second-order valence-corrected chi connectivity index (χ2v) is 6.84. The van der Waals surface area contributed by atoms with Gasteiger partial charge in [0.1, 0.15) is 0 Å². The van der Waals surface area contributed by atoms with Gasteiger partial charge in [-0.05, 0) is 59.9 Å². The third-order valence-electron chi connectivity index (χ3n) is 3.94. The van der Waals surface area contributed by atoms with Gasteiger partial charge in [-0.1, -0.05) is 11.6 Å². The van der Waals surface area contributed by atoms with E-state index in [1.54, 1.807) is 11.3 Å². The van der Waals surface area contributed by atoms with Crippen molar-refractivity contribution >= 4 is 40.3 Å². The monoisotopic (exact) mass is 349 g/mol. The van der Waals surface area contributed by atoms with E-state index in [9.17, 15) is 4.79 Å². The van der Waals surface area contributed by atoms with Crippen molar-refractivity contribution in [2.75, 3.05) is 23.3 Å². The molecule has 2 aromatic rings. The molecule has 6 heteroatoms. The normalized spacial score (nSPS) is 14.6. The van der Waals surface area contributed by atoms with E-state index in [-0.39, 0.29) is 6.03 Å². The van der Waals surface area contributed by atoms with Gasteiger partial charge in [-0.25, -0.2) is 4.79 Å². The van der Waals surface area contributed by atoms with E-state index in [1.807, 2.05) is 35.0 Å². The van der Waals surface area contributed by atoms with E-state index in [4.69, 9.17) is 11.6 Å². The quantitative estimate of drug-likeness (QED) is 0.839. The van der Waals surface area contributed by atoms with E-state index >= 15 is 0 Å². The van der Waals surface area contributed by atoms with Gasteiger partial charge in [-0.3, -0.25) is 0 Å². The van der Waals surface area contributed by atoms with Crippen molar-refractivity contribution in [3.8, 4) is 0 Å². The molecule has 1 aliphatic heterocycles. The Labute approximate surface area is 145 Å². The Morgan fingerprint density at radius 1 is 1.22 bits per heavy atom. The smallest absolute Gasteiger partial charge is 0.319 e. The van der Waals surface area contributed by atoms with Gasteiger partial charge >= 0.3 is 6.03 Å².